The van der Waals surface area contributed by atoms with Crippen LogP contribution < -0.4 is 24.8 Å². The van der Waals surface area contributed by atoms with Gasteiger partial charge in [0.1, 0.15) is 0 Å². The van der Waals surface area contributed by atoms with Crippen LogP contribution in [0.5, 0.6) is 0 Å². The summed E-state index contributed by atoms with van der Waals surface area (Å²) in [7, 11) is 0. The third kappa shape index (κ3) is 3.65. The minimum absolute atomic E-state index is 0. The fourth-order valence-corrected chi connectivity index (χ4v) is 13.9. The summed E-state index contributed by atoms with van der Waals surface area (Å²) < 4.78 is 11.9. The normalized spacial score (nSPS) is 22.2. The van der Waals surface area contributed by atoms with Gasteiger partial charge in [0.05, 0.1) is 0 Å². The van der Waals surface area contributed by atoms with Gasteiger partial charge in [-0.05, 0) is 0 Å². The first-order chi connectivity index (χ1) is 15.1. The molecule has 2 aromatic heterocycles. The van der Waals surface area contributed by atoms with E-state index in [0.717, 1.165) is 11.5 Å². The van der Waals surface area contributed by atoms with E-state index >= 15 is 0 Å². The van der Waals surface area contributed by atoms with Gasteiger partial charge in [0.2, 0.25) is 0 Å². The number of rotatable bonds is 4. The summed E-state index contributed by atoms with van der Waals surface area (Å²) in [5.74, 6) is 1.98. The number of fused-ring (bicyclic) bond motifs is 2. The van der Waals surface area contributed by atoms with Gasteiger partial charge >= 0.3 is 194 Å². The topological polar surface area (TPSA) is 26.3 Å². The molecule has 2 nitrogen and oxygen atoms in total. The average Bonchev–Trinajstić information content (AvgIpc) is 3.56. The summed E-state index contributed by atoms with van der Waals surface area (Å²) in [6, 6.07) is 25.9. The summed E-state index contributed by atoms with van der Waals surface area (Å²) >= 11 is -1.54. The zero-order valence-electron chi connectivity index (χ0n) is 18.3. The molecule has 6 rings (SSSR count). The molecule has 5 heteroatoms. The summed E-state index contributed by atoms with van der Waals surface area (Å²) in [6.07, 6.45) is 8.27. The fraction of sp³-hybridized carbons (Fsp3) is 0.143. The van der Waals surface area contributed by atoms with Crippen molar-refractivity contribution in [1.29, 1.82) is 0 Å². The van der Waals surface area contributed by atoms with Gasteiger partial charge < -0.3 is 24.8 Å². The molecule has 33 heavy (non-hydrogen) atoms. The Morgan fingerprint density at radius 3 is 1.39 bits per heavy atom. The third-order valence-electron chi connectivity index (χ3n) is 6.75. The Bertz CT molecular complexity index is 1230. The summed E-state index contributed by atoms with van der Waals surface area (Å²) in [5.41, 5.74) is 8.17. The molecular formula is C28H22Cl2HfO2. The monoisotopic (exact) mass is 640 g/mol. The molecule has 0 saturated heterocycles. The van der Waals surface area contributed by atoms with Crippen molar-refractivity contribution in [3.63, 3.8) is 0 Å². The molecule has 2 aliphatic carbocycles. The van der Waals surface area contributed by atoms with Crippen LogP contribution in [-0.2, 0) is 29.2 Å². The van der Waals surface area contributed by atoms with E-state index in [4.69, 9.17) is 8.83 Å². The largest absolute Gasteiger partial charge is 1.00 e. The molecule has 0 saturated carbocycles. The second-order valence-electron chi connectivity index (χ2n) is 8.62. The van der Waals surface area contributed by atoms with Crippen LogP contribution in [-0.4, -0.2) is 0 Å². The van der Waals surface area contributed by atoms with E-state index in [1.54, 1.807) is 12.5 Å². The number of furan rings is 2. The summed E-state index contributed by atoms with van der Waals surface area (Å²) in [6.45, 7) is 4.89. The van der Waals surface area contributed by atoms with Gasteiger partial charge in [0.15, 0.2) is 0 Å². The number of allylic oxidation sites excluding steroid dienone is 2. The molecule has 0 amide bonds. The Hall–Kier alpha value is -2.07. The van der Waals surface area contributed by atoms with E-state index in [-0.39, 0.29) is 31.2 Å². The smallest absolute Gasteiger partial charge is 1.00 e. The minimum atomic E-state index is -1.54. The summed E-state index contributed by atoms with van der Waals surface area (Å²) in [5, 5.41) is 0. The minimum Gasteiger partial charge on any atom is -1.00 e. The van der Waals surface area contributed by atoms with Crippen molar-refractivity contribution in [3.8, 4) is 0 Å². The van der Waals surface area contributed by atoms with Crippen LogP contribution in [0.15, 0.2) is 94.2 Å². The Morgan fingerprint density at radius 2 is 1.00 bits per heavy atom. The molecule has 2 heterocycles. The van der Waals surface area contributed by atoms with E-state index in [2.05, 4.69) is 86.7 Å². The number of halogens is 2. The van der Waals surface area contributed by atoms with Crippen LogP contribution in [0.25, 0.3) is 23.3 Å². The predicted octanol–water partition coefficient (Wildman–Crippen LogP) is 1.20. The molecule has 0 bridgehead atoms. The van der Waals surface area contributed by atoms with Gasteiger partial charge in [-0.1, -0.05) is 0 Å². The molecule has 2 aromatic carbocycles. The van der Waals surface area contributed by atoms with Crippen molar-refractivity contribution in [2.24, 2.45) is 0 Å². The first-order valence-corrected chi connectivity index (χ1v) is 14.2. The van der Waals surface area contributed by atoms with Crippen molar-refractivity contribution in [2.45, 2.75) is 20.2 Å². The first kappa shape index (κ1) is 24.1. The van der Waals surface area contributed by atoms with E-state index in [9.17, 15) is 0 Å². The van der Waals surface area contributed by atoms with Crippen molar-refractivity contribution in [2.75, 3.05) is 0 Å². The molecule has 0 aliphatic heterocycles. The van der Waals surface area contributed by atoms with Crippen LogP contribution in [0.3, 0.4) is 0 Å². The SMILES string of the molecule is C[C]1([Hf+2][C]2(C)C(c3ccco3)=Cc3ccccc32)C(c2ccco2)=Cc2ccccc21.[Cl-].[Cl-]. The summed E-state index contributed by atoms with van der Waals surface area (Å²) in [4.78, 5) is 0. The van der Waals surface area contributed by atoms with Crippen LogP contribution in [0.4, 0.5) is 0 Å². The number of benzene rings is 2. The third-order valence-corrected chi connectivity index (χ3v) is 14.2. The van der Waals surface area contributed by atoms with Crippen molar-refractivity contribution < 1.29 is 56.6 Å². The van der Waals surface area contributed by atoms with Gasteiger partial charge in [-0.3, -0.25) is 0 Å². The van der Waals surface area contributed by atoms with Crippen LogP contribution in [0.1, 0.15) is 47.6 Å². The molecule has 2 unspecified atom stereocenters. The van der Waals surface area contributed by atoms with Gasteiger partial charge in [-0.15, -0.1) is 0 Å². The number of hydrogen-bond acceptors (Lipinski definition) is 2. The van der Waals surface area contributed by atoms with Gasteiger partial charge in [0.25, 0.3) is 0 Å². The van der Waals surface area contributed by atoms with E-state index < -0.39 is 22.9 Å². The predicted molar refractivity (Wildman–Crippen MR) is 121 cm³/mol. The molecule has 0 N–H and O–H groups in total. The quantitative estimate of drug-likeness (QED) is 0.314. The molecule has 0 radical (unpaired) electrons. The molecule has 0 spiro atoms. The molecule has 164 valence electrons. The molecule has 4 aromatic rings. The Balaban J connectivity index is 0.00000130. The Kier molecular flexibility index (Phi) is 6.52. The van der Waals surface area contributed by atoms with Gasteiger partial charge in [-0.2, -0.15) is 0 Å². The van der Waals surface area contributed by atoms with Gasteiger partial charge in [0, 0.05) is 0 Å². The second kappa shape index (κ2) is 8.94. The van der Waals surface area contributed by atoms with Crippen LogP contribution >= 0.6 is 0 Å². The Labute approximate surface area is 218 Å². The van der Waals surface area contributed by atoms with Crippen molar-refractivity contribution >= 4 is 23.3 Å². The molecule has 2 atom stereocenters. The van der Waals surface area contributed by atoms with Crippen LogP contribution in [0.2, 0.25) is 0 Å². The number of hydrogen-bond donors (Lipinski definition) is 0. The maximum atomic E-state index is 5.94. The fourth-order valence-electron chi connectivity index (χ4n) is 5.31. The van der Waals surface area contributed by atoms with Gasteiger partial charge in [-0.25, -0.2) is 0 Å². The standard InChI is InChI=1S/2C14H11O.2ClH.Hf/c2*1-10-12-6-3-2-5-11(12)9-13(10)14-7-4-8-15-14;;;/h2*2-9H,1H3;2*1H;/q;;;;+2/p-2. The molecular weight excluding hydrogens is 618 g/mol. The van der Waals surface area contributed by atoms with E-state index in [1.807, 2.05) is 12.1 Å². The average molecular weight is 640 g/mol. The molecule has 2 aliphatic rings. The zero-order chi connectivity index (χ0) is 21.1. The van der Waals surface area contributed by atoms with E-state index in [0.29, 0.717) is 0 Å². The zero-order valence-corrected chi connectivity index (χ0v) is 23.4. The first-order valence-electron chi connectivity index (χ1n) is 10.6. The van der Waals surface area contributed by atoms with Crippen molar-refractivity contribution in [1.82, 2.24) is 0 Å². The van der Waals surface area contributed by atoms with E-state index in [1.165, 1.54) is 33.4 Å². The van der Waals surface area contributed by atoms with Crippen LogP contribution in [0, 0.1) is 0 Å². The Morgan fingerprint density at radius 1 is 0.576 bits per heavy atom. The maximum absolute atomic E-state index is 5.94. The second-order valence-corrected chi connectivity index (χ2v) is 16.7. The van der Waals surface area contributed by atoms with Crippen molar-refractivity contribution in [3.05, 3.63) is 119 Å². The molecule has 0 fully saturated rings. The maximum Gasteiger partial charge on any atom is -1.00 e.